The van der Waals surface area contributed by atoms with Gasteiger partial charge in [-0.1, -0.05) is 29.8 Å². The lowest BCUT2D eigenvalue weighted by atomic mass is 10.0. The predicted octanol–water partition coefficient (Wildman–Crippen LogP) is 5.26. The summed E-state index contributed by atoms with van der Waals surface area (Å²) in [6, 6.07) is 14.2. The molecule has 2 N–H and O–H groups in total. The zero-order valence-corrected chi connectivity index (χ0v) is 16.2. The van der Waals surface area contributed by atoms with E-state index in [1.807, 2.05) is 31.2 Å². The van der Waals surface area contributed by atoms with Crippen LogP contribution in [0.25, 0.3) is 22.2 Å². The number of carboxylic acids is 1. The molecule has 0 atom stereocenters. The molecule has 1 aromatic heterocycles. The normalized spacial score (nSPS) is 11.3. The summed E-state index contributed by atoms with van der Waals surface area (Å²) >= 11 is 0. The lowest BCUT2D eigenvalue weighted by Gasteiger charge is -2.19. The highest BCUT2D eigenvalue weighted by atomic mass is 16.6. The first-order valence-electron chi connectivity index (χ1n) is 8.87. The van der Waals surface area contributed by atoms with Crippen molar-refractivity contribution in [2.45, 2.75) is 33.3 Å². The number of nitrogens with one attached hydrogen (secondary N) is 1. The Hall–Kier alpha value is -3.41. The quantitative estimate of drug-likeness (QED) is 0.649. The van der Waals surface area contributed by atoms with Crippen LogP contribution in [0.4, 0.5) is 10.5 Å². The summed E-state index contributed by atoms with van der Waals surface area (Å²) < 4.78 is 5.24. The van der Waals surface area contributed by atoms with Crippen LogP contribution in [0.1, 0.15) is 36.7 Å². The van der Waals surface area contributed by atoms with E-state index in [0.717, 1.165) is 11.1 Å². The van der Waals surface area contributed by atoms with Crippen LogP contribution >= 0.6 is 0 Å². The second-order valence-corrected chi connectivity index (χ2v) is 7.59. The average molecular weight is 378 g/mol. The molecule has 0 unspecified atom stereocenters. The number of benzene rings is 2. The number of hydrogen-bond donors (Lipinski definition) is 2. The fourth-order valence-electron chi connectivity index (χ4n) is 2.77. The van der Waals surface area contributed by atoms with Gasteiger partial charge in [-0.2, -0.15) is 0 Å². The van der Waals surface area contributed by atoms with Crippen LogP contribution in [-0.4, -0.2) is 27.8 Å². The van der Waals surface area contributed by atoms with Gasteiger partial charge in [0.1, 0.15) is 5.60 Å². The zero-order chi connectivity index (χ0) is 20.5. The fraction of sp³-hybridized carbons (Fsp3) is 0.227. The Morgan fingerprint density at radius 3 is 2.32 bits per heavy atom. The number of carbonyl (C=O) groups excluding carboxylic acids is 1. The number of carboxylic acid groups (broad SMARTS) is 1. The summed E-state index contributed by atoms with van der Waals surface area (Å²) in [7, 11) is 0. The van der Waals surface area contributed by atoms with Gasteiger partial charge < -0.3 is 9.84 Å². The molecule has 1 heterocycles. The molecule has 3 rings (SSSR count). The molecule has 0 saturated carbocycles. The van der Waals surface area contributed by atoms with Crippen LogP contribution < -0.4 is 5.32 Å². The number of anilines is 1. The van der Waals surface area contributed by atoms with Crippen molar-refractivity contribution in [2.24, 2.45) is 0 Å². The van der Waals surface area contributed by atoms with E-state index < -0.39 is 17.7 Å². The maximum absolute atomic E-state index is 12.0. The zero-order valence-electron chi connectivity index (χ0n) is 16.2. The molecule has 3 aromatic rings. The third-order valence-electron chi connectivity index (χ3n) is 4.03. The highest BCUT2D eigenvalue weighted by Crippen LogP contribution is 2.27. The van der Waals surface area contributed by atoms with Crippen molar-refractivity contribution in [1.82, 2.24) is 4.98 Å². The Bertz CT molecular complexity index is 1050. The van der Waals surface area contributed by atoms with Gasteiger partial charge >= 0.3 is 12.1 Å². The first kappa shape index (κ1) is 19.4. The Morgan fingerprint density at radius 2 is 1.71 bits per heavy atom. The minimum atomic E-state index is -1.06. The van der Waals surface area contributed by atoms with E-state index >= 15 is 0 Å². The molecule has 144 valence electrons. The average Bonchev–Trinajstić information content (AvgIpc) is 2.59. The monoisotopic (exact) mass is 378 g/mol. The van der Waals surface area contributed by atoms with E-state index in [-0.39, 0.29) is 5.56 Å². The summed E-state index contributed by atoms with van der Waals surface area (Å²) in [4.78, 5) is 28.4. The molecule has 28 heavy (non-hydrogen) atoms. The Kier molecular flexibility index (Phi) is 5.05. The summed E-state index contributed by atoms with van der Waals surface area (Å²) in [5.74, 6) is -1.06. The molecule has 6 nitrogen and oxygen atoms in total. The topological polar surface area (TPSA) is 88.5 Å². The third kappa shape index (κ3) is 4.46. The van der Waals surface area contributed by atoms with Crippen molar-refractivity contribution in [3.05, 3.63) is 59.7 Å². The highest BCUT2D eigenvalue weighted by molar-refractivity contribution is 6.05. The lowest BCUT2D eigenvalue weighted by Crippen LogP contribution is -2.27. The van der Waals surface area contributed by atoms with E-state index in [1.54, 1.807) is 45.0 Å². The molecular formula is C22H22N2O4. The molecule has 0 aliphatic heterocycles. The van der Waals surface area contributed by atoms with E-state index in [2.05, 4.69) is 10.3 Å². The van der Waals surface area contributed by atoms with E-state index in [4.69, 9.17) is 4.74 Å². The number of ether oxygens (including phenoxy) is 1. The molecule has 6 heteroatoms. The molecule has 1 amide bonds. The maximum atomic E-state index is 12.0. The second-order valence-electron chi connectivity index (χ2n) is 7.59. The first-order valence-corrected chi connectivity index (χ1v) is 8.87. The van der Waals surface area contributed by atoms with Crippen LogP contribution in [0.2, 0.25) is 0 Å². The molecular weight excluding hydrogens is 356 g/mol. The minimum absolute atomic E-state index is 0.119. The second kappa shape index (κ2) is 7.31. The summed E-state index contributed by atoms with van der Waals surface area (Å²) in [6.07, 6.45) is -0.604. The van der Waals surface area contributed by atoms with Gasteiger partial charge in [-0.05, 0) is 52.0 Å². The Labute approximate surface area is 163 Å². The fourth-order valence-corrected chi connectivity index (χ4v) is 2.77. The molecule has 0 spiro atoms. The van der Waals surface area contributed by atoms with Gasteiger partial charge in [0, 0.05) is 16.6 Å². The van der Waals surface area contributed by atoms with E-state index in [1.165, 1.54) is 0 Å². The predicted molar refractivity (Wildman–Crippen MR) is 109 cm³/mol. The van der Waals surface area contributed by atoms with E-state index in [0.29, 0.717) is 22.3 Å². The molecule has 0 radical (unpaired) electrons. The van der Waals surface area contributed by atoms with Crippen molar-refractivity contribution in [1.29, 1.82) is 0 Å². The number of nitrogens with zero attached hydrogens (tertiary/aromatic N) is 1. The number of aryl methyl sites for hydroxylation is 1. The molecule has 0 aliphatic rings. The standard InChI is InChI=1S/C22H22N2O4/c1-13-5-7-14(8-6-13)19-12-17(20(25)26)16-11-15(9-10-18(16)24-19)23-21(27)28-22(2,3)4/h5-12H,1-4H3,(H,23,27)(H,25,26). The van der Waals surface area contributed by atoms with Crippen molar-refractivity contribution in [3.63, 3.8) is 0 Å². The number of aromatic carboxylic acids is 1. The number of rotatable bonds is 3. The van der Waals surface area contributed by atoms with Gasteiger partial charge in [0.2, 0.25) is 0 Å². The molecule has 0 fully saturated rings. The Balaban J connectivity index is 2.02. The number of hydrogen-bond acceptors (Lipinski definition) is 4. The SMILES string of the molecule is Cc1ccc(-c2cc(C(=O)O)c3cc(NC(=O)OC(C)(C)C)ccc3n2)cc1. The summed E-state index contributed by atoms with van der Waals surface area (Å²) in [5.41, 5.74) is 3.00. The van der Waals surface area contributed by atoms with Gasteiger partial charge in [0.25, 0.3) is 0 Å². The molecule has 0 bridgehead atoms. The summed E-state index contributed by atoms with van der Waals surface area (Å²) in [5, 5.41) is 12.8. The van der Waals surface area contributed by atoms with E-state index in [9.17, 15) is 14.7 Å². The molecule has 0 aliphatic carbocycles. The third-order valence-corrected chi connectivity index (χ3v) is 4.03. The van der Waals surface area contributed by atoms with Crippen LogP contribution in [0.3, 0.4) is 0 Å². The van der Waals surface area contributed by atoms with Gasteiger partial charge in [-0.15, -0.1) is 0 Å². The Morgan fingerprint density at radius 1 is 1.04 bits per heavy atom. The van der Waals surface area contributed by atoms with Gasteiger partial charge in [0.15, 0.2) is 0 Å². The number of fused-ring (bicyclic) bond motifs is 1. The van der Waals surface area contributed by atoms with Crippen LogP contribution in [0.5, 0.6) is 0 Å². The van der Waals surface area contributed by atoms with Gasteiger partial charge in [-0.3, -0.25) is 5.32 Å². The molecule has 2 aromatic carbocycles. The smallest absolute Gasteiger partial charge is 0.412 e. The number of aromatic nitrogens is 1. The van der Waals surface area contributed by atoms with Crippen LogP contribution in [0, 0.1) is 6.92 Å². The largest absolute Gasteiger partial charge is 0.478 e. The summed E-state index contributed by atoms with van der Waals surface area (Å²) in [6.45, 7) is 7.30. The first-order chi connectivity index (χ1) is 13.1. The van der Waals surface area contributed by atoms with Crippen molar-refractivity contribution in [2.75, 3.05) is 5.32 Å². The van der Waals surface area contributed by atoms with Crippen molar-refractivity contribution < 1.29 is 19.4 Å². The van der Waals surface area contributed by atoms with Crippen molar-refractivity contribution in [3.8, 4) is 11.3 Å². The number of pyridine rings is 1. The van der Waals surface area contributed by atoms with Gasteiger partial charge in [0.05, 0.1) is 16.8 Å². The highest BCUT2D eigenvalue weighted by Gasteiger charge is 2.18. The van der Waals surface area contributed by atoms with Crippen LogP contribution in [0.15, 0.2) is 48.5 Å². The number of carbonyl (C=O) groups is 2. The van der Waals surface area contributed by atoms with Crippen molar-refractivity contribution >= 4 is 28.7 Å². The minimum Gasteiger partial charge on any atom is -0.478 e. The number of amides is 1. The van der Waals surface area contributed by atoms with Crippen LogP contribution in [-0.2, 0) is 4.74 Å². The maximum Gasteiger partial charge on any atom is 0.412 e. The lowest BCUT2D eigenvalue weighted by molar-refractivity contribution is 0.0634. The van der Waals surface area contributed by atoms with Gasteiger partial charge in [-0.25, -0.2) is 14.6 Å². The molecule has 0 saturated heterocycles.